The number of aromatic amines is 1. The monoisotopic (exact) mass is 382 g/mol. The van der Waals surface area contributed by atoms with Crippen molar-refractivity contribution in [2.24, 2.45) is 0 Å². The van der Waals surface area contributed by atoms with Gasteiger partial charge in [0.15, 0.2) is 0 Å². The van der Waals surface area contributed by atoms with E-state index in [1.54, 1.807) is 0 Å². The average molecular weight is 382 g/mol. The number of nitrogens with one attached hydrogen (secondary N) is 1. The van der Waals surface area contributed by atoms with Crippen LogP contribution in [-0.2, 0) is 0 Å². The normalized spacial score (nSPS) is 12.0. The van der Waals surface area contributed by atoms with E-state index in [4.69, 9.17) is 0 Å². The topological polar surface area (TPSA) is 20.7 Å². The van der Waals surface area contributed by atoms with Gasteiger partial charge in [-0.15, -0.1) is 0 Å². The lowest BCUT2D eigenvalue weighted by molar-refractivity contribution is 1.19. The number of hydrogen-bond acceptors (Lipinski definition) is 0. The maximum atomic E-state index is 3.76. The molecule has 2 heteroatoms. The first-order valence-corrected chi connectivity index (χ1v) is 10.3. The number of H-pyrrole nitrogens is 1. The number of fused-ring (bicyclic) bond motifs is 10. The van der Waals surface area contributed by atoms with Crippen molar-refractivity contribution in [1.82, 2.24) is 9.55 Å². The minimum atomic E-state index is 1.18. The largest absolute Gasteiger partial charge is 0.354 e. The molecule has 0 atom stereocenters. The molecule has 7 rings (SSSR count). The van der Waals surface area contributed by atoms with Crippen LogP contribution in [-0.4, -0.2) is 9.55 Å². The molecule has 5 aromatic carbocycles. The van der Waals surface area contributed by atoms with Gasteiger partial charge < -0.3 is 9.55 Å². The number of nitrogens with zero attached hydrogens (tertiary/aromatic N) is 1. The summed E-state index contributed by atoms with van der Waals surface area (Å²) in [4.78, 5) is 3.76. The van der Waals surface area contributed by atoms with E-state index >= 15 is 0 Å². The molecule has 2 heterocycles. The molecule has 0 aliphatic heterocycles. The van der Waals surface area contributed by atoms with Crippen LogP contribution in [0, 0.1) is 0 Å². The Morgan fingerprint density at radius 1 is 0.500 bits per heavy atom. The van der Waals surface area contributed by atoms with E-state index in [0.29, 0.717) is 0 Å². The molecule has 0 amide bonds. The summed E-state index contributed by atoms with van der Waals surface area (Å²) in [6.45, 7) is 0. The van der Waals surface area contributed by atoms with E-state index < -0.39 is 0 Å². The molecule has 0 unspecified atom stereocenters. The van der Waals surface area contributed by atoms with Gasteiger partial charge in [0.1, 0.15) is 0 Å². The molecular formula is C28H18N2. The SMILES string of the molecule is c1ccc(-n2c3ccccc3c3c4[nH]c5ccccc5c4c4ccccc4c32)cc1. The second-order valence-electron chi connectivity index (χ2n) is 7.88. The molecule has 140 valence electrons. The van der Waals surface area contributed by atoms with E-state index in [-0.39, 0.29) is 0 Å². The zero-order chi connectivity index (χ0) is 19.7. The third-order valence-electron chi connectivity index (χ3n) is 6.30. The van der Waals surface area contributed by atoms with Crippen molar-refractivity contribution >= 4 is 54.4 Å². The quantitative estimate of drug-likeness (QED) is 0.302. The summed E-state index contributed by atoms with van der Waals surface area (Å²) in [5, 5.41) is 7.73. The van der Waals surface area contributed by atoms with Gasteiger partial charge in [-0.25, -0.2) is 0 Å². The number of benzene rings is 5. The number of para-hydroxylation sites is 3. The molecule has 0 bridgehead atoms. The summed E-state index contributed by atoms with van der Waals surface area (Å²) in [7, 11) is 0. The first kappa shape index (κ1) is 15.8. The Morgan fingerprint density at radius 3 is 1.97 bits per heavy atom. The van der Waals surface area contributed by atoms with Gasteiger partial charge in [-0.3, -0.25) is 0 Å². The van der Waals surface area contributed by atoms with Crippen LogP contribution in [0.15, 0.2) is 103 Å². The lowest BCUT2D eigenvalue weighted by Gasteiger charge is -2.10. The summed E-state index contributed by atoms with van der Waals surface area (Å²) in [5.41, 5.74) is 6.08. The Labute approximate surface area is 173 Å². The van der Waals surface area contributed by atoms with Gasteiger partial charge in [-0.2, -0.15) is 0 Å². The van der Waals surface area contributed by atoms with Crippen LogP contribution in [0.5, 0.6) is 0 Å². The molecule has 0 saturated carbocycles. The van der Waals surface area contributed by atoms with Gasteiger partial charge in [0.25, 0.3) is 0 Å². The molecule has 1 N–H and O–H groups in total. The summed E-state index contributed by atoms with van der Waals surface area (Å²) < 4.78 is 2.41. The van der Waals surface area contributed by atoms with E-state index in [0.717, 1.165) is 0 Å². The Kier molecular flexibility index (Phi) is 3.03. The minimum Gasteiger partial charge on any atom is -0.354 e. The molecule has 0 aliphatic rings. The first-order chi connectivity index (χ1) is 14.9. The van der Waals surface area contributed by atoms with Gasteiger partial charge >= 0.3 is 0 Å². The Hall–Kier alpha value is -4.04. The highest BCUT2D eigenvalue weighted by Gasteiger charge is 2.20. The number of aromatic nitrogens is 2. The fourth-order valence-corrected chi connectivity index (χ4v) is 5.11. The van der Waals surface area contributed by atoms with Crippen LogP contribution < -0.4 is 0 Å². The van der Waals surface area contributed by atoms with Crippen LogP contribution in [0.3, 0.4) is 0 Å². The lowest BCUT2D eigenvalue weighted by Crippen LogP contribution is -1.94. The van der Waals surface area contributed by atoms with Crippen molar-refractivity contribution in [2.75, 3.05) is 0 Å². The fraction of sp³-hybridized carbons (Fsp3) is 0. The Balaban J connectivity index is 1.88. The van der Waals surface area contributed by atoms with E-state index in [1.165, 1.54) is 60.1 Å². The van der Waals surface area contributed by atoms with Crippen LogP contribution in [0.2, 0.25) is 0 Å². The minimum absolute atomic E-state index is 1.18. The first-order valence-electron chi connectivity index (χ1n) is 10.3. The van der Waals surface area contributed by atoms with Crippen LogP contribution in [0.25, 0.3) is 60.1 Å². The number of rotatable bonds is 1. The standard InChI is InChI=1S/C28H18N2/c1-2-10-18(11-3-1)30-24-17-9-7-15-22(24)26-27-25(21-14-6-8-16-23(21)29-27)19-12-4-5-13-20(19)28(26)30/h1-17,29H. The maximum absolute atomic E-state index is 3.76. The van der Waals surface area contributed by atoms with Crippen molar-refractivity contribution < 1.29 is 0 Å². The second kappa shape index (κ2) is 5.74. The highest BCUT2D eigenvalue weighted by molar-refractivity contribution is 6.35. The zero-order valence-corrected chi connectivity index (χ0v) is 16.3. The molecule has 2 nitrogen and oxygen atoms in total. The zero-order valence-electron chi connectivity index (χ0n) is 16.3. The van der Waals surface area contributed by atoms with Gasteiger partial charge in [-0.1, -0.05) is 78.9 Å². The molecule has 0 fully saturated rings. The van der Waals surface area contributed by atoms with Gasteiger partial charge in [0.05, 0.1) is 16.6 Å². The molecule has 2 aromatic heterocycles. The maximum Gasteiger partial charge on any atom is 0.0640 e. The highest BCUT2D eigenvalue weighted by Crippen LogP contribution is 2.44. The molecule has 0 radical (unpaired) electrons. The van der Waals surface area contributed by atoms with Crippen LogP contribution >= 0.6 is 0 Å². The molecule has 0 aliphatic carbocycles. The summed E-state index contributed by atoms with van der Waals surface area (Å²) in [5.74, 6) is 0. The average Bonchev–Trinajstić information content (AvgIpc) is 3.36. The fourth-order valence-electron chi connectivity index (χ4n) is 5.11. The lowest BCUT2D eigenvalue weighted by atomic mass is 9.99. The predicted octanol–water partition coefficient (Wildman–Crippen LogP) is 7.57. The number of hydrogen-bond donors (Lipinski definition) is 1. The molecular weight excluding hydrogens is 364 g/mol. The van der Waals surface area contributed by atoms with Gasteiger partial charge in [0, 0.05) is 38.1 Å². The summed E-state index contributed by atoms with van der Waals surface area (Å²) >= 11 is 0. The second-order valence-corrected chi connectivity index (χ2v) is 7.88. The van der Waals surface area contributed by atoms with Crippen molar-refractivity contribution in [2.45, 2.75) is 0 Å². The third-order valence-corrected chi connectivity index (χ3v) is 6.30. The van der Waals surface area contributed by atoms with Gasteiger partial charge in [-0.05, 0) is 29.7 Å². The summed E-state index contributed by atoms with van der Waals surface area (Å²) in [6, 6.07) is 36.9. The molecule has 0 saturated heterocycles. The van der Waals surface area contributed by atoms with E-state index in [2.05, 4.69) is 113 Å². The van der Waals surface area contributed by atoms with Crippen LogP contribution in [0.4, 0.5) is 0 Å². The van der Waals surface area contributed by atoms with Crippen molar-refractivity contribution in [3.8, 4) is 5.69 Å². The smallest absolute Gasteiger partial charge is 0.0640 e. The van der Waals surface area contributed by atoms with Crippen molar-refractivity contribution in [3.63, 3.8) is 0 Å². The van der Waals surface area contributed by atoms with E-state index in [9.17, 15) is 0 Å². The van der Waals surface area contributed by atoms with E-state index in [1.807, 2.05) is 0 Å². The molecule has 30 heavy (non-hydrogen) atoms. The van der Waals surface area contributed by atoms with Gasteiger partial charge in [0.2, 0.25) is 0 Å². The molecule has 0 spiro atoms. The Bertz CT molecular complexity index is 1730. The third kappa shape index (κ3) is 1.93. The predicted molar refractivity (Wildman–Crippen MR) is 128 cm³/mol. The summed E-state index contributed by atoms with van der Waals surface area (Å²) in [6.07, 6.45) is 0. The van der Waals surface area contributed by atoms with Crippen LogP contribution in [0.1, 0.15) is 0 Å². The van der Waals surface area contributed by atoms with Crippen molar-refractivity contribution in [3.05, 3.63) is 103 Å². The van der Waals surface area contributed by atoms with Crippen molar-refractivity contribution in [1.29, 1.82) is 0 Å². The highest BCUT2D eigenvalue weighted by atomic mass is 15.0. The molecule has 7 aromatic rings. The Morgan fingerprint density at radius 2 is 1.13 bits per heavy atom.